The molecular formula is C11H23NO3S. The van der Waals surface area contributed by atoms with Gasteiger partial charge in [0.15, 0.2) is 0 Å². The number of nitrogens with one attached hydrogen (secondary N) is 1. The van der Waals surface area contributed by atoms with Crippen LogP contribution in [0.4, 0.5) is 0 Å². The quantitative estimate of drug-likeness (QED) is 0.472. The molecule has 0 aliphatic rings. The Balaban J connectivity index is 3.97. The summed E-state index contributed by atoms with van der Waals surface area (Å²) in [5, 5.41) is 11.8. The smallest absolute Gasteiger partial charge is 0.325 e. The van der Waals surface area contributed by atoms with Crippen LogP contribution in [0.5, 0.6) is 0 Å². The zero-order chi connectivity index (χ0) is 12.4. The summed E-state index contributed by atoms with van der Waals surface area (Å²) < 4.78 is 4.80. The van der Waals surface area contributed by atoms with Crippen LogP contribution >= 0.6 is 11.8 Å². The Hall–Kier alpha value is -0.260. The van der Waals surface area contributed by atoms with Crippen LogP contribution in [0.15, 0.2) is 0 Å². The van der Waals surface area contributed by atoms with Gasteiger partial charge in [-0.05, 0) is 32.1 Å². The molecule has 0 bridgehead atoms. The van der Waals surface area contributed by atoms with Crippen LogP contribution in [0.3, 0.4) is 0 Å². The van der Waals surface area contributed by atoms with Gasteiger partial charge in [0.05, 0.1) is 13.7 Å². The Morgan fingerprint density at radius 1 is 1.50 bits per heavy atom. The Morgan fingerprint density at radius 2 is 2.19 bits per heavy atom. The number of carbonyl (C=O) groups is 1. The summed E-state index contributed by atoms with van der Waals surface area (Å²) >= 11 is 1.70. The second kappa shape index (κ2) is 8.84. The molecule has 2 N–H and O–H groups in total. The molecule has 4 nitrogen and oxygen atoms in total. The Bertz CT molecular complexity index is 202. The Morgan fingerprint density at radius 3 is 2.69 bits per heavy atom. The lowest BCUT2D eigenvalue weighted by atomic mass is 9.96. The number of aliphatic hydroxyl groups excluding tert-OH is 1. The van der Waals surface area contributed by atoms with Crippen molar-refractivity contribution < 1.29 is 14.6 Å². The molecule has 0 amide bonds. The molecule has 0 aromatic carbocycles. The van der Waals surface area contributed by atoms with Crippen LogP contribution in [0.25, 0.3) is 0 Å². The van der Waals surface area contributed by atoms with Crippen molar-refractivity contribution in [3.63, 3.8) is 0 Å². The summed E-state index contributed by atoms with van der Waals surface area (Å²) in [5.74, 6) is 1.51. The summed E-state index contributed by atoms with van der Waals surface area (Å²) in [6.07, 6.45) is 1.69. The van der Waals surface area contributed by atoms with Crippen LogP contribution in [0.1, 0.15) is 26.7 Å². The molecule has 0 spiro atoms. The molecule has 0 saturated heterocycles. The molecule has 5 heteroatoms. The van der Waals surface area contributed by atoms with Crippen molar-refractivity contribution in [2.24, 2.45) is 0 Å². The number of likely N-dealkylation sites (N-methyl/N-ethyl adjacent to an activating group) is 1. The van der Waals surface area contributed by atoms with Gasteiger partial charge < -0.3 is 15.2 Å². The van der Waals surface area contributed by atoms with E-state index in [1.165, 1.54) is 7.11 Å². The van der Waals surface area contributed by atoms with Gasteiger partial charge in [-0.3, -0.25) is 4.79 Å². The molecule has 0 radical (unpaired) electrons. The normalized spacial score (nSPS) is 14.5. The molecule has 0 aromatic heterocycles. The maximum Gasteiger partial charge on any atom is 0.325 e. The molecule has 0 saturated carbocycles. The minimum absolute atomic E-state index is 0.207. The number of methoxy groups -OCH3 is 1. The van der Waals surface area contributed by atoms with Crippen LogP contribution in [0.2, 0.25) is 0 Å². The molecule has 0 rings (SSSR count). The van der Waals surface area contributed by atoms with Crippen molar-refractivity contribution in [3.05, 3.63) is 0 Å². The zero-order valence-corrected chi connectivity index (χ0v) is 11.2. The number of carbonyl (C=O) groups excluding carboxylic acids is 1. The van der Waals surface area contributed by atoms with Crippen LogP contribution in [-0.4, -0.2) is 48.4 Å². The van der Waals surface area contributed by atoms with Gasteiger partial charge in [-0.2, -0.15) is 11.8 Å². The largest absolute Gasteiger partial charge is 0.468 e. The highest BCUT2D eigenvalue weighted by molar-refractivity contribution is 7.99. The summed E-state index contributed by atoms with van der Waals surface area (Å²) in [4.78, 5) is 11.6. The predicted molar refractivity (Wildman–Crippen MR) is 67.7 cm³/mol. The predicted octanol–water partition coefficient (Wildman–Crippen LogP) is 1.03. The fourth-order valence-electron chi connectivity index (χ4n) is 1.57. The monoisotopic (exact) mass is 249 g/mol. The molecule has 0 aliphatic heterocycles. The van der Waals surface area contributed by atoms with Gasteiger partial charge in [0.25, 0.3) is 0 Å². The second-order valence-corrected chi connectivity index (χ2v) is 5.02. The average Bonchev–Trinajstić information content (AvgIpc) is 2.28. The van der Waals surface area contributed by atoms with Crippen molar-refractivity contribution in [2.45, 2.75) is 32.2 Å². The molecule has 1 atom stereocenters. The molecule has 16 heavy (non-hydrogen) atoms. The van der Waals surface area contributed by atoms with Crippen molar-refractivity contribution in [1.29, 1.82) is 0 Å². The summed E-state index contributed by atoms with van der Waals surface area (Å²) in [6, 6.07) is 0. The Labute approximate surface area is 102 Å². The average molecular weight is 249 g/mol. The Kier molecular flexibility index (Phi) is 8.70. The number of esters is 1. The number of ether oxygens (including phenoxy) is 1. The lowest BCUT2D eigenvalue weighted by Crippen LogP contribution is -2.50. The van der Waals surface area contributed by atoms with Gasteiger partial charge in [0, 0.05) is 5.75 Å². The van der Waals surface area contributed by atoms with E-state index in [1.807, 2.05) is 13.8 Å². The minimum atomic E-state index is -0.580. The van der Waals surface area contributed by atoms with Gasteiger partial charge in [-0.25, -0.2) is 0 Å². The first-order valence-electron chi connectivity index (χ1n) is 5.62. The number of rotatable bonds is 9. The first kappa shape index (κ1) is 15.7. The second-order valence-electron chi connectivity index (χ2n) is 3.79. The van der Waals surface area contributed by atoms with Gasteiger partial charge >= 0.3 is 5.97 Å². The van der Waals surface area contributed by atoms with E-state index in [0.29, 0.717) is 0 Å². The molecule has 0 aromatic rings. The van der Waals surface area contributed by atoms with Crippen molar-refractivity contribution in [2.75, 3.05) is 31.8 Å². The van der Waals surface area contributed by atoms with Gasteiger partial charge in [0.2, 0.25) is 0 Å². The summed E-state index contributed by atoms with van der Waals surface area (Å²) in [7, 11) is 1.42. The van der Waals surface area contributed by atoms with Gasteiger partial charge in [0.1, 0.15) is 5.54 Å². The van der Waals surface area contributed by atoms with E-state index in [0.717, 1.165) is 30.9 Å². The minimum Gasteiger partial charge on any atom is -0.468 e. The molecule has 1 unspecified atom stereocenters. The first-order valence-corrected chi connectivity index (χ1v) is 6.78. The number of hydrogen-bond donors (Lipinski definition) is 2. The van der Waals surface area contributed by atoms with Crippen LogP contribution < -0.4 is 5.32 Å². The van der Waals surface area contributed by atoms with E-state index < -0.39 is 5.54 Å². The van der Waals surface area contributed by atoms with Crippen molar-refractivity contribution in [1.82, 2.24) is 5.32 Å². The highest BCUT2D eigenvalue weighted by Gasteiger charge is 2.32. The van der Waals surface area contributed by atoms with E-state index in [-0.39, 0.29) is 12.6 Å². The van der Waals surface area contributed by atoms with Gasteiger partial charge in [-0.15, -0.1) is 0 Å². The maximum absolute atomic E-state index is 11.6. The van der Waals surface area contributed by atoms with E-state index in [9.17, 15) is 4.79 Å². The van der Waals surface area contributed by atoms with Crippen LogP contribution in [0, 0.1) is 0 Å². The number of aliphatic hydroxyl groups is 1. The lowest BCUT2D eigenvalue weighted by molar-refractivity contribution is -0.148. The van der Waals surface area contributed by atoms with Crippen molar-refractivity contribution in [3.8, 4) is 0 Å². The number of hydrogen-bond acceptors (Lipinski definition) is 5. The van der Waals surface area contributed by atoms with Gasteiger partial charge in [-0.1, -0.05) is 6.92 Å². The highest BCUT2D eigenvalue weighted by atomic mass is 32.2. The molecule has 0 heterocycles. The molecule has 96 valence electrons. The van der Waals surface area contributed by atoms with E-state index >= 15 is 0 Å². The van der Waals surface area contributed by atoms with E-state index in [2.05, 4.69) is 5.32 Å². The summed E-state index contributed by atoms with van der Waals surface area (Å²) in [5.41, 5.74) is -0.580. The van der Waals surface area contributed by atoms with E-state index in [1.54, 1.807) is 11.8 Å². The zero-order valence-electron chi connectivity index (χ0n) is 10.4. The van der Waals surface area contributed by atoms with Crippen molar-refractivity contribution >= 4 is 17.7 Å². The third-order valence-electron chi connectivity index (χ3n) is 2.40. The molecule has 0 fully saturated rings. The molecular weight excluding hydrogens is 226 g/mol. The third kappa shape index (κ3) is 5.72. The topological polar surface area (TPSA) is 58.6 Å². The fourth-order valence-corrected chi connectivity index (χ4v) is 2.25. The SMILES string of the molecule is CCNC(C)(CCCSCCO)C(=O)OC. The first-order chi connectivity index (χ1) is 7.60. The lowest BCUT2D eigenvalue weighted by Gasteiger charge is -2.27. The summed E-state index contributed by atoms with van der Waals surface area (Å²) in [6.45, 7) is 4.81. The third-order valence-corrected chi connectivity index (χ3v) is 3.45. The maximum atomic E-state index is 11.6. The van der Waals surface area contributed by atoms with Crippen LogP contribution in [-0.2, 0) is 9.53 Å². The number of thioether (sulfide) groups is 1. The molecule has 0 aliphatic carbocycles. The fraction of sp³-hybridized carbons (Fsp3) is 0.909. The van der Waals surface area contributed by atoms with E-state index in [4.69, 9.17) is 9.84 Å². The standard InChI is InChI=1S/C11H23NO3S/c1-4-12-11(2,10(14)15-3)6-5-8-16-9-7-13/h12-13H,4-9H2,1-3H3. The highest BCUT2D eigenvalue weighted by Crippen LogP contribution is 2.16.